The maximum absolute atomic E-state index is 12.6. The number of anilines is 1. The molecule has 31 heavy (non-hydrogen) atoms. The van der Waals surface area contributed by atoms with E-state index in [1.165, 1.54) is 10.9 Å². The zero-order valence-electron chi connectivity index (χ0n) is 18.6. The molecule has 0 amide bonds. The summed E-state index contributed by atoms with van der Waals surface area (Å²) in [4.78, 5) is 24.3. The Morgan fingerprint density at radius 1 is 1.26 bits per heavy atom. The van der Waals surface area contributed by atoms with Gasteiger partial charge in [-0.3, -0.25) is 9.59 Å². The number of aromatic nitrogens is 2. The van der Waals surface area contributed by atoms with Crippen LogP contribution in [-0.2, 0) is 20.8 Å². The average Bonchev–Trinajstić information content (AvgIpc) is 2.70. The summed E-state index contributed by atoms with van der Waals surface area (Å²) in [5, 5.41) is 7.39. The molecule has 0 aliphatic rings. The monoisotopic (exact) mass is 451 g/mol. The number of hydrogen-bond donors (Lipinski definition) is 1. The maximum atomic E-state index is 12.6. The van der Waals surface area contributed by atoms with Crippen LogP contribution in [0.1, 0.15) is 39.7 Å². The Kier molecular flexibility index (Phi) is 8.88. The molecule has 1 N–H and O–H groups in total. The highest BCUT2D eigenvalue weighted by Gasteiger charge is 2.16. The van der Waals surface area contributed by atoms with Gasteiger partial charge in [0, 0.05) is 6.04 Å². The van der Waals surface area contributed by atoms with Crippen LogP contribution in [0.25, 0.3) is 0 Å². The Bertz CT molecular complexity index is 922. The molecule has 0 unspecified atom stereocenters. The molecule has 0 spiro atoms. The number of methoxy groups -OCH3 is 1. The minimum atomic E-state index is -0.511. The third kappa shape index (κ3) is 8.22. The Morgan fingerprint density at radius 2 is 1.94 bits per heavy atom. The van der Waals surface area contributed by atoms with Gasteiger partial charge in [-0.1, -0.05) is 23.7 Å². The molecule has 0 aliphatic carbocycles. The van der Waals surface area contributed by atoms with Crippen LogP contribution in [0.3, 0.4) is 0 Å². The fourth-order valence-electron chi connectivity index (χ4n) is 2.70. The highest BCUT2D eigenvalue weighted by Crippen LogP contribution is 2.17. The van der Waals surface area contributed by atoms with E-state index >= 15 is 0 Å². The fraction of sp³-hybridized carbons (Fsp3) is 0.500. The van der Waals surface area contributed by atoms with E-state index in [2.05, 4.69) is 10.4 Å². The second kappa shape index (κ2) is 11.2. The second-order valence-electron chi connectivity index (χ2n) is 8.14. The van der Waals surface area contributed by atoms with Crippen molar-refractivity contribution in [1.29, 1.82) is 0 Å². The standard InChI is InChI=1S/C22H30ClN3O5/c1-15(14-30-11-10-19(27)31-22(2,3)4)25-18-12-24-26(21(28)20(18)23)13-16-6-8-17(29-5)9-7-16/h6-9,12,15,25H,10-11,13-14H2,1-5H3/t15-/m0/s1. The van der Waals surface area contributed by atoms with Crippen molar-refractivity contribution in [3.05, 3.63) is 51.4 Å². The zero-order valence-corrected chi connectivity index (χ0v) is 19.4. The normalized spacial score (nSPS) is 12.3. The minimum absolute atomic E-state index is 0.0594. The number of rotatable bonds is 10. The van der Waals surface area contributed by atoms with Gasteiger partial charge >= 0.3 is 5.97 Å². The number of nitrogens with one attached hydrogen (secondary N) is 1. The first-order chi connectivity index (χ1) is 14.6. The van der Waals surface area contributed by atoms with Gasteiger partial charge in [0.05, 0.1) is 45.2 Å². The van der Waals surface area contributed by atoms with E-state index in [-0.39, 0.29) is 35.6 Å². The van der Waals surface area contributed by atoms with Gasteiger partial charge in [0.1, 0.15) is 16.4 Å². The van der Waals surface area contributed by atoms with Gasteiger partial charge in [-0.2, -0.15) is 5.10 Å². The average molecular weight is 452 g/mol. The van der Waals surface area contributed by atoms with Crippen LogP contribution in [0.5, 0.6) is 5.75 Å². The molecule has 170 valence electrons. The van der Waals surface area contributed by atoms with Crippen molar-refractivity contribution in [1.82, 2.24) is 9.78 Å². The topological polar surface area (TPSA) is 91.7 Å². The molecule has 8 nitrogen and oxygen atoms in total. The first-order valence-electron chi connectivity index (χ1n) is 10.0. The number of esters is 1. The molecule has 9 heteroatoms. The quantitative estimate of drug-likeness (QED) is 0.436. The molecule has 2 aromatic rings. The minimum Gasteiger partial charge on any atom is -0.497 e. The molecule has 0 saturated carbocycles. The van der Waals surface area contributed by atoms with Crippen molar-refractivity contribution < 1.29 is 19.0 Å². The van der Waals surface area contributed by atoms with E-state index < -0.39 is 5.60 Å². The van der Waals surface area contributed by atoms with Crippen LogP contribution in [0, 0.1) is 0 Å². The molecule has 1 aromatic heterocycles. The summed E-state index contributed by atoms with van der Waals surface area (Å²) < 4.78 is 17.2. The van der Waals surface area contributed by atoms with Gasteiger partial charge in [0.25, 0.3) is 5.56 Å². The lowest BCUT2D eigenvalue weighted by Gasteiger charge is -2.20. The lowest BCUT2D eigenvalue weighted by molar-refractivity contribution is -0.156. The number of carbonyl (C=O) groups is 1. The van der Waals surface area contributed by atoms with Crippen molar-refractivity contribution in [2.24, 2.45) is 0 Å². The molecular formula is C22H30ClN3O5. The van der Waals surface area contributed by atoms with Crippen molar-refractivity contribution in [2.45, 2.75) is 52.3 Å². The second-order valence-corrected chi connectivity index (χ2v) is 8.52. The summed E-state index contributed by atoms with van der Waals surface area (Å²) in [6, 6.07) is 7.23. The van der Waals surface area contributed by atoms with E-state index in [1.54, 1.807) is 7.11 Å². The smallest absolute Gasteiger partial charge is 0.308 e. The summed E-state index contributed by atoms with van der Waals surface area (Å²) in [5.41, 5.74) is 0.434. The molecule has 0 radical (unpaired) electrons. The first-order valence-corrected chi connectivity index (χ1v) is 10.4. The van der Waals surface area contributed by atoms with E-state index in [9.17, 15) is 9.59 Å². The largest absolute Gasteiger partial charge is 0.497 e. The van der Waals surface area contributed by atoms with Crippen LogP contribution in [0.4, 0.5) is 5.69 Å². The molecule has 1 aromatic carbocycles. The van der Waals surface area contributed by atoms with Crippen molar-refractivity contribution in [2.75, 3.05) is 25.6 Å². The SMILES string of the molecule is COc1ccc(Cn2ncc(N[C@@H](C)COCCC(=O)OC(C)(C)C)c(Cl)c2=O)cc1. The number of halogens is 1. The number of benzene rings is 1. The highest BCUT2D eigenvalue weighted by molar-refractivity contribution is 6.32. The summed E-state index contributed by atoms with van der Waals surface area (Å²) >= 11 is 6.26. The van der Waals surface area contributed by atoms with Crippen LogP contribution >= 0.6 is 11.6 Å². The zero-order chi connectivity index (χ0) is 23.0. The van der Waals surface area contributed by atoms with Gasteiger partial charge in [-0.05, 0) is 45.4 Å². The summed E-state index contributed by atoms with van der Waals surface area (Å²) in [7, 11) is 1.60. The molecule has 0 aliphatic heterocycles. The maximum Gasteiger partial charge on any atom is 0.308 e. The predicted molar refractivity (Wildman–Crippen MR) is 120 cm³/mol. The van der Waals surface area contributed by atoms with Crippen molar-refractivity contribution >= 4 is 23.3 Å². The van der Waals surface area contributed by atoms with Crippen molar-refractivity contribution in [3.8, 4) is 5.75 Å². The lowest BCUT2D eigenvalue weighted by Crippen LogP contribution is -2.28. The van der Waals surface area contributed by atoms with E-state index in [0.29, 0.717) is 18.8 Å². The molecular weight excluding hydrogens is 422 g/mol. The number of hydrogen-bond acceptors (Lipinski definition) is 7. The van der Waals surface area contributed by atoms with E-state index in [4.69, 9.17) is 25.8 Å². The lowest BCUT2D eigenvalue weighted by atomic mass is 10.2. The molecule has 1 heterocycles. The predicted octanol–water partition coefficient (Wildman–Crippen LogP) is 3.50. The molecule has 0 fully saturated rings. The third-order valence-corrected chi connectivity index (χ3v) is 4.48. The van der Waals surface area contributed by atoms with Crippen molar-refractivity contribution in [3.63, 3.8) is 0 Å². The third-order valence-electron chi connectivity index (χ3n) is 4.12. The van der Waals surface area contributed by atoms with Gasteiger partial charge in [-0.15, -0.1) is 0 Å². The Balaban J connectivity index is 1.87. The van der Waals surface area contributed by atoms with Crippen LogP contribution in [-0.4, -0.2) is 47.7 Å². The molecule has 0 saturated heterocycles. The van der Waals surface area contributed by atoms with E-state index in [0.717, 1.165) is 11.3 Å². The first kappa shape index (κ1) is 24.7. The Morgan fingerprint density at radius 3 is 2.55 bits per heavy atom. The van der Waals surface area contributed by atoms with Gasteiger partial charge in [0.15, 0.2) is 0 Å². The number of ether oxygens (including phenoxy) is 3. The number of carbonyl (C=O) groups excluding carboxylic acids is 1. The van der Waals surface area contributed by atoms with Gasteiger partial charge in [0.2, 0.25) is 0 Å². The number of nitrogens with zero attached hydrogens (tertiary/aromatic N) is 2. The highest BCUT2D eigenvalue weighted by atomic mass is 35.5. The van der Waals surface area contributed by atoms with Gasteiger partial charge in [-0.25, -0.2) is 4.68 Å². The molecule has 0 bridgehead atoms. The summed E-state index contributed by atoms with van der Waals surface area (Å²) in [6.45, 7) is 8.21. The Hall–Kier alpha value is -2.58. The fourth-order valence-corrected chi connectivity index (χ4v) is 2.90. The summed E-state index contributed by atoms with van der Waals surface area (Å²) in [5.74, 6) is 0.435. The van der Waals surface area contributed by atoms with Gasteiger partial charge < -0.3 is 19.5 Å². The molecule has 1 atom stereocenters. The van der Waals surface area contributed by atoms with E-state index in [1.807, 2.05) is 52.0 Å². The van der Waals surface area contributed by atoms with Crippen LogP contribution in [0.15, 0.2) is 35.3 Å². The van der Waals surface area contributed by atoms with Crippen LogP contribution in [0.2, 0.25) is 5.02 Å². The summed E-state index contributed by atoms with van der Waals surface area (Å²) in [6.07, 6.45) is 1.69. The molecule has 2 rings (SSSR count). The van der Waals surface area contributed by atoms with Crippen LogP contribution < -0.4 is 15.6 Å². The Labute approximate surface area is 187 Å².